The summed E-state index contributed by atoms with van der Waals surface area (Å²) in [4.78, 5) is 2.54. The lowest BCUT2D eigenvalue weighted by Crippen LogP contribution is -2.25. The van der Waals surface area contributed by atoms with E-state index in [9.17, 15) is 0 Å². The molecule has 3 rings (SSSR count). The summed E-state index contributed by atoms with van der Waals surface area (Å²) < 4.78 is 11.8. The van der Waals surface area contributed by atoms with Crippen molar-refractivity contribution in [3.63, 3.8) is 0 Å². The van der Waals surface area contributed by atoms with Crippen LogP contribution in [0.2, 0.25) is 0 Å². The van der Waals surface area contributed by atoms with Crippen LogP contribution in [-0.4, -0.2) is 45.3 Å². The monoisotopic (exact) mass is 340 g/mol. The van der Waals surface area contributed by atoms with Crippen LogP contribution in [-0.2, 0) is 6.54 Å². The van der Waals surface area contributed by atoms with E-state index in [4.69, 9.17) is 9.47 Å². The summed E-state index contributed by atoms with van der Waals surface area (Å²) in [5, 5.41) is 3.48. The van der Waals surface area contributed by atoms with E-state index in [1.807, 2.05) is 6.07 Å². The first-order valence-corrected chi connectivity index (χ1v) is 7.84. The van der Waals surface area contributed by atoms with Gasteiger partial charge in [-0.2, -0.15) is 0 Å². The van der Waals surface area contributed by atoms with Crippen molar-refractivity contribution in [1.29, 1.82) is 0 Å². The van der Waals surface area contributed by atoms with Gasteiger partial charge in [0.15, 0.2) is 11.5 Å². The Balaban J connectivity index is 1.74. The topological polar surface area (TPSA) is 33.7 Å². The van der Waals surface area contributed by atoms with Gasteiger partial charge in [-0.15, -0.1) is 0 Å². The third-order valence-corrected chi connectivity index (χ3v) is 5.15. The maximum Gasteiger partial charge on any atom is 0.161 e. The smallest absolute Gasteiger partial charge is 0.161 e. The SMILES string of the molecule is COc1cc(Br)c(CN2C[C@H]3CNC[C@H]3C2)cc1OC. The van der Waals surface area contributed by atoms with Crippen molar-refractivity contribution in [1.82, 2.24) is 10.2 Å². The van der Waals surface area contributed by atoms with Crippen molar-refractivity contribution in [3.05, 3.63) is 22.2 Å². The van der Waals surface area contributed by atoms with Gasteiger partial charge in [0.25, 0.3) is 0 Å². The van der Waals surface area contributed by atoms with Crippen LogP contribution in [0.4, 0.5) is 0 Å². The van der Waals surface area contributed by atoms with E-state index in [0.29, 0.717) is 0 Å². The second-order valence-corrected chi connectivity index (χ2v) is 6.53. The second-order valence-electron chi connectivity index (χ2n) is 5.67. The van der Waals surface area contributed by atoms with Crippen molar-refractivity contribution in [2.24, 2.45) is 11.8 Å². The number of benzene rings is 1. The quantitative estimate of drug-likeness (QED) is 0.910. The van der Waals surface area contributed by atoms with E-state index in [0.717, 1.165) is 34.4 Å². The molecule has 0 aromatic heterocycles. The summed E-state index contributed by atoms with van der Waals surface area (Å²) in [7, 11) is 3.35. The number of rotatable bonds is 4. The molecule has 5 heteroatoms. The van der Waals surface area contributed by atoms with Crippen LogP contribution >= 0.6 is 15.9 Å². The lowest BCUT2D eigenvalue weighted by molar-refractivity contribution is 0.303. The van der Waals surface area contributed by atoms with E-state index in [1.54, 1.807) is 14.2 Å². The standard InChI is InChI=1S/C15H21BrN2O2/c1-19-14-3-10(13(16)4-15(14)20-2)7-18-8-11-5-17-6-12(11)9-18/h3-4,11-12,17H,5-9H2,1-2H3/t11-,12+. The number of fused-ring (bicyclic) bond motifs is 1. The zero-order valence-electron chi connectivity index (χ0n) is 12.0. The Morgan fingerprint density at radius 2 is 1.75 bits per heavy atom. The molecule has 1 N–H and O–H groups in total. The normalized spacial score (nSPS) is 25.8. The molecule has 20 heavy (non-hydrogen) atoms. The molecule has 2 fully saturated rings. The minimum atomic E-state index is 0.769. The molecular formula is C15H21BrN2O2. The highest BCUT2D eigenvalue weighted by Gasteiger charge is 2.36. The maximum absolute atomic E-state index is 5.40. The van der Waals surface area contributed by atoms with Gasteiger partial charge < -0.3 is 14.8 Å². The van der Waals surface area contributed by atoms with Gasteiger partial charge in [-0.3, -0.25) is 4.90 Å². The molecule has 0 amide bonds. The van der Waals surface area contributed by atoms with Crippen molar-refractivity contribution in [2.45, 2.75) is 6.54 Å². The van der Waals surface area contributed by atoms with Gasteiger partial charge in [-0.05, 0) is 42.6 Å². The minimum Gasteiger partial charge on any atom is -0.493 e. The van der Waals surface area contributed by atoms with E-state index < -0.39 is 0 Å². The van der Waals surface area contributed by atoms with Crippen LogP contribution in [0.5, 0.6) is 11.5 Å². The van der Waals surface area contributed by atoms with Crippen LogP contribution in [0.3, 0.4) is 0 Å². The van der Waals surface area contributed by atoms with Gasteiger partial charge in [0.2, 0.25) is 0 Å². The summed E-state index contributed by atoms with van der Waals surface area (Å²) in [5.74, 6) is 3.22. The Bertz CT molecular complexity index is 483. The molecule has 0 spiro atoms. The largest absolute Gasteiger partial charge is 0.493 e. The van der Waals surface area contributed by atoms with Crippen molar-refractivity contribution >= 4 is 15.9 Å². The number of likely N-dealkylation sites (tertiary alicyclic amines) is 1. The molecule has 0 aliphatic carbocycles. The molecule has 2 heterocycles. The summed E-state index contributed by atoms with van der Waals surface area (Å²) >= 11 is 3.65. The van der Waals surface area contributed by atoms with E-state index >= 15 is 0 Å². The maximum atomic E-state index is 5.40. The highest BCUT2D eigenvalue weighted by atomic mass is 79.9. The molecule has 0 bridgehead atoms. The summed E-state index contributed by atoms with van der Waals surface area (Å²) in [6.45, 7) is 5.70. The predicted octanol–water partition coefficient (Wildman–Crippen LogP) is 2.12. The zero-order chi connectivity index (χ0) is 14.1. The van der Waals surface area contributed by atoms with Crippen molar-refractivity contribution in [2.75, 3.05) is 40.4 Å². The lowest BCUT2D eigenvalue weighted by Gasteiger charge is -2.19. The van der Waals surface area contributed by atoms with Gasteiger partial charge in [0.1, 0.15) is 0 Å². The lowest BCUT2D eigenvalue weighted by atomic mass is 10.0. The highest BCUT2D eigenvalue weighted by molar-refractivity contribution is 9.10. The Morgan fingerprint density at radius 3 is 2.35 bits per heavy atom. The fraction of sp³-hybridized carbons (Fsp3) is 0.600. The molecule has 0 unspecified atom stereocenters. The van der Waals surface area contributed by atoms with Gasteiger partial charge >= 0.3 is 0 Å². The number of hydrogen-bond acceptors (Lipinski definition) is 4. The molecule has 1 aromatic rings. The fourth-order valence-electron chi connectivity index (χ4n) is 3.34. The van der Waals surface area contributed by atoms with Crippen LogP contribution in [0, 0.1) is 11.8 Å². The molecule has 4 nitrogen and oxygen atoms in total. The van der Waals surface area contributed by atoms with Crippen molar-refractivity contribution < 1.29 is 9.47 Å². The molecule has 2 atom stereocenters. The first-order valence-electron chi connectivity index (χ1n) is 7.04. The van der Waals surface area contributed by atoms with Gasteiger partial charge in [0, 0.05) is 24.1 Å². The number of nitrogens with one attached hydrogen (secondary N) is 1. The van der Waals surface area contributed by atoms with Crippen LogP contribution < -0.4 is 14.8 Å². The summed E-state index contributed by atoms with van der Waals surface area (Å²) in [6.07, 6.45) is 0. The number of halogens is 1. The van der Waals surface area contributed by atoms with E-state index in [2.05, 4.69) is 32.2 Å². The van der Waals surface area contributed by atoms with Crippen LogP contribution in [0.25, 0.3) is 0 Å². The van der Waals surface area contributed by atoms with Crippen molar-refractivity contribution in [3.8, 4) is 11.5 Å². The Hall–Kier alpha value is -0.780. The molecule has 2 aliphatic rings. The van der Waals surface area contributed by atoms with Crippen LogP contribution in [0.15, 0.2) is 16.6 Å². The number of nitrogens with zero attached hydrogens (tertiary/aromatic N) is 1. The highest BCUT2D eigenvalue weighted by Crippen LogP contribution is 2.35. The predicted molar refractivity (Wildman–Crippen MR) is 82.4 cm³/mol. The Morgan fingerprint density at radius 1 is 1.15 bits per heavy atom. The average Bonchev–Trinajstić information content (AvgIpc) is 3.01. The van der Waals surface area contributed by atoms with Gasteiger partial charge in [-0.1, -0.05) is 15.9 Å². The zero-order valence-corrected chi connectivity index (χ0v) is 13.6. The minimum absolute atomic E-state index is 0.769. The second kappa shape index (κ2) is 5.92. The first-order chi connectivity index (χ1) is 9.71. The Labute approximate surface area is 128 Å². The first kappa shape index (κ1) is 14.2. The third kappa shape index (κ3) is 2.67. The number of ether oxygens (including phenoxy) is 2. The van der Waals surface area contributed by atoms with E-state index in [1.165, 1.54) is 31.7 Å². The third-order valence-electron chi connectivity index (χ3n) is 4.41. The Kier molecular flexibility index (Phi) is 4.19. The average molecular weight is 341 g/mol. The summed E-state index contributed by atoms with van der Waals surface area (Å²) in [6, 6.07) is 4.07. The molecule has 2 aliphatic heterocycles. The molecule has 2 saturated heterocycles. The molecule has 110 valence electrons. The van der Waals surface area contributed by atoms with Gasteiger partial charge in [-0.25, -0.2) is 0 Å². The molecular weight excluding hydrogens is 320 g/mol. The molecule has 0 saturated carbocycles. The van der Waals surface area contributed by atoms with E-state index in [-0.39, 0.29) is 0 Å². The number of hydrogen-bond donors (Lipinski definition) is 1. The fourth-order valence-corrected chi connectivity index (χ4v) is 3.79. The molecule has 0 radical (unpaired) electrons. The molecule has 1 aromatic carbocycles. The summed E-state index contributed by atoms with van der Waals surface area (Å²) in [5.41, 5.74) is 1.26. The van der Waals surface area contributed by atoms with Gasteiger partial charge in [0.05, 0.1) is 14.2 Å². The number of methoxy groups -OCH3 is 2. The van der Waals surface area contributed by atoms with Crippen LogP contribution in [0.1, 0.15) is 5.56 Å².